The van der Waals surface area contributed by atoms with Crippen molar-refractivity contribution in [3.8, 4) is 11.4 Å². The molecule has 0 spiro atoms. The first-order valence-corrected chi connectivity index (χ1v) is 7.66. The zero-order valence-corrected chi connectivity index (χ0v) is 12.8. The van der Waals surface area contributed by atoms with E-state index in [1.807, 2.05) is 6.07 Å². The lowest BCUT2D eigenvalue weighted by Gasteiger charge is -2.31. The Morgan fingerprint density at radius 3 is 2.80 bits per heavy atom. The molecule has 1 aliphatic rings. The quantitative estimate of drug-likeness (QED) is 0.931. The summed E-state index contributed by atoms with van der Waals surface area (Å²) in [5.74, 6) is 1.18. The smallest absolute Gasteiger partial charge is 0.228 e. The summed E-state index contributed by atoms with van der Waals surface area (Å²) in [6.07, 6.45) is 9.81. The van der Waals surface area contributed by atoms with E-state index in [4.69, 9.17) is 10.3 Å². The minimum atomic E-state index is -0.183. The number of aromatic nitrogens is 3. The fourth-order valence-corrected chi connectivity index (χ4v) is 3.08. The highest BCUT2D eigenvalue weighted by atomic mass is 79.9. The van der Waals surface area contributed by atoms with Crippen LogP contribution in [0.25, 0.3) is 11.4 Å². The first-order chi connectivity index (χ1) is 9.65. The van der Waals surface area contributed by atoms with E-state index in [1.165, 1.54) is 19.3 Å². The molecule has 0 amide bonds. The van der Waals surface area contributed by atoms with Crippen LogP contribution in [-0.2, 0) is 6.42 Å². The topological polar surface area (TPSA) is 77.8 Å². The van der Waals surface area contributed by atoms with Gasteiger partial charge in [-0.15, -0.1) is 0 Å². The molecule has 20 heavy (non-hydrogen) atoms. The molecular formula is C14H17BrN4O. The van der Waals surface area contributed by atoms with Crippen molar-refractivity contribution in [3.63, 3.8) is 0 Å². The van der Waals surface area contributed by atoms with Crippen LogP contribution in [0.2, 0.25) is 0 Å². The van der Waals surface area contributed by atoms with Gasteiger partial charge in [0, 0.05) is 34.4 Å². The van der Waals surface area contributed by atoms with E-state index in [0.29, 0.717) is 18.1 Å². The van der Waals surface area contributed by atoms with E-state index < -0.39 is 0 Å². The Bertz CT molecular complexity index is 592. The van der Waals surface area contributed by atoms with Crippen molar-refractivity contribution in [1.29, 1.82) is 0 Å². The van der Waals surface area contributed by atoms with E-state index in [0.717, 1.165) is 22.9 Å². The first kappa shape index (κ1) is 13.7. The van der Waals surface area contributed by atoms with E-state index in [1.54, 1.807) is 12.4 Å². The molecule has 106 valence electrons. The molecule has 2 heterocycles. The zero-order valence-electron chi connectivity index (χ0n) is 11.2. The lowest BCUT2D eigenvalue weighted by molar-refractivity contribution is 0.261. The maximum atomic E-state index is 6.42. The number of nitrogens with two attached hydrogens (primary N) is 1. The number of hydrogen-bond donors (Lipinski definition) is 1. The molecule has 0 radical (unpaired) electrons. The Labute approximate surface area is 126 Å². The summed E-state index contributed by atoms with van der Waals surface area (Å²) < 4.78 is 6.24. The van der Waals surface area contributed by atoms with Crippen molar-refractivity contribution in [2.24, 2.45) is 5.73 Å². The van der Waals surface area contributed by atoms with Gasteiger partial charge in [0.25, 0.3) is 0 Å². The molecule has 2 aromatic rings. The highest BCUT2D eigenvalue weighted by Gasteiger charge is 2.30. The molecule has 1 fully saturated rings. The van der Waals surface area contributed by atoms with E-state index in [9.17, 15) is 0 Å². The third-order valence-corrected chi connectivity index (χ3v) is 4.22. The zero-order chi connectivity index (χ0) is 14.0. The largest absolute Gasteiger partial charge is 0.339 e. The summed E-state index contributed by atoms with van der Waals surface area (Å²) in [4.78, 5) is 8.55. The van der Waals surface area contributed by atoms with Gasteiger partial charge in [0.05, 0.1) is 0 Å². The van der Waals surface area contributed by atoms with Gasteiger partial charge in [-0.2, -0.15) is 4.98 Å². The van der Waals surface area contributed by atoms with Gasteiger partial charge < -0.3 is 10.3 Å². The summed E-state index contributed by atoms with van der Waals surface area (Å²) in [5.41, 5.74) is 7.07. The van der Waals surface area contributed by atoms with Crippen LogP contribution in [0.4, 0.5) is 0 Å². The summed E-state index contributed by atoms with van der Waals surface area (Å²) in [7, 11) is 0. The SMILES string of the molecule is NC1(Cc2nc(-c3cncc(Br)c3)no2)CCCCC1. The number of hydrogen-bond acceptors (Lipinski definition) is 5. The molecule has 0 unspecified atom stereocenters. The fourth-order valence-electron chi connectivity index (χ4n) is 2.71. The Balaban J connectivity index is 1.77. The first-order valence-electron chi connectivity index (χ1n) is 6.87. The van der Waals surface area contributed by atoms with Gasteiger partial charge in [-0.1, -0.05) is 24.4 Å². The van der Waals surface area contributed by atoms with Gasteiger partial charge in [-0.05, 0) is 34.8 Å². The van der Waals surface area contributed by atoms with Crippen LogP contribution in [0, 0.1) is 0 Å². The Hall–Kier alpha value is -1.27. The molecule has 2 N–H and O–H groups in total. The molecule has 0 aliphatic heterocycles. The Kier molecular flexibility index (Phi) is 3.85. The average molecular weight is 337 g/mol. The normalized spacial score (nSPS) is 18.1. The molecule has 3 rings (SSSR count). The van der Waals surface area contributed by atoms with Crippen LogP contribution in [0.15, 0.2) is 27.5 Å². The van der Waals surface area contributed by atoms with Gasteiger partial charge in [-0.25, -0.2) is 0 Å². The van der Waals surface area contributed by atoms with Gasteiger partial charge in [0.1, 0.15) is 0 Å². The van der Waals surface area contributed by atoms with Crippen molar-refractivity contribution in [1.82, 2.24) is 15.1 Å². The number of pyridine rings is 1. The van der Waals surface area contributed by atoms with Crippen molar-refractivity contribution >= 4 is 15.9 Å². The summed E-state index contributed by atoms with van der Waals surface area (Å²) in [5, 5.41) is 4.02. The fraction of sp³-hybridized carbons (Fsp3) is 0.500. The highest BCUT2D eigenvalue weighted by Crippen LogP contribution is 2.29. The molecule has 5 nitrogen and oxygen atoms in total. The second-order valence-corrected chi connectivity index (χ2v) is 6.42. The molecule has 1 aliphatic carbocycles. The molecule has 0 bridgehead atoms. The maximum absolute atomic E-state index is 6.42. The second-order valence-electron chi connectivity index (χ2n) is 5.50. The van der Waals surface area contributed by atoms with Gasteiger partial charge in [0.15, 0.2) is 0 Å². The van der Waals surface area contributed by atoms with Crippen molar-refractivity contribution < 1.29 is 4.52 Å². The Morgan fingerprint density at radius 1 is 1.25 bits per heavy atom. The molecule has 0 atom stereocenters. The third kappa shape index (κ3) is 3.07. The van der Waals surface area contributed by atoms with Crippen LogP contribution in [-0.4, -0.2) is 20.7 Å². The standard InChI is InChI=1S/C14H17BrN4O/c15-11-6-10(8-17-9-11)13-18-12(20-19-13)7-14(16)4-2-1-3-5-14/h6,8-9H,1-5,7,16H2. The number of nitrogens with zero attached hydrogens (tertiary/aromatic N) is 3. The second kappa shape index (κ2) is 5.61. The molecule has 6 heteroatoms. The Morgan fingerprint density at radius 2 is 2.05 bits per heavy atom. The number of rotatable bonds is 3. The molecule has 0 saturated heterocycles. The minimum Gasteiger partial charge on any atom is -0.339 e. The van der Waals surface area contributed by atoms with E-state index in [-0.39, 0.29) is 5.54 Å². The molecule has 0 aromatic carbocycles. The van der Waals surface area contributed by atoms with E-state index >= 15 is 0 Å². The van der Waals surface area contributed by atoms with Gasteiger partial charge in [-0.3, -0.25) is 4.98 Å². The molecular weight excluding hydrogens is 320 g/mol. The van der Waals surface area contributed by atoms with Crippen LogP contribution in [0.5, 0.6) is 0 Å². The average Bonchev–Trinajstić information content (AvgIpc) is 2.87. The minimum absolute atomic E-state index is 0.183. The lowest BCUT2D eigenvalue weighted by atomic mass is 9.80. The van der Waals surface area contributed by atoms with Crippen molar-refractivity contribution in [2.75, 3.05) is 0 Å². The monoisotopic (exact) mass is 336 g/mol. The van der Waals surface area contributed by atoms with Gasteiger partial charge >= 0.3 is 0 Å². The highest BCUT2D eigenvalue weighted by molar-refractivity contribution is 9.10. The predicted molar refractivity (Wildman–Crippen MR) is 78.9 cm³/mol. The maximum Gasteiger partial charge on any atom is 0.228 e. The third-order valence-electron chi connectivity index (χ3n) is 3.78. The molecule has 2 aromatic heterocycles. The lowest BCUT2D eigenvalue weighted by Crippen LogP contribution is -2.43. The van der Waals surface area contributed by atoms with Crippen molar-refractivity contribution in [3.05, 3.63) is 28.8 Å². The number of halogens is 1. The van der Waals surface area contributed by atoms with Crippen LogP contribution in [0.1, 0.15) is 38.0 Å². The summed E-state index contributed by atoms with van der Waals surface area (Å²) >= 11 is 3.39. The summed E-state index contributed by atoms with van der Waals surface area (Å²) in [6, 6.07) is 1.92. The van der Waals surface area contributed by atoms with Crippen LogP contribution in [0.3, 0.4) is 0 Å². The van der Waals surface area contributed by atoms with Crippen molar-refractivity contribution in [2.45, 2.75) is 44.1 Å². The van der Waals surface area contributed by atoms with Crippen LogP contribution < -0.4 is 5.73 Å². The van der Waals surface area contributed by atoms with E-state index in [2.05, 4.69) is 31.1 Å². The van der Waals surface area contributed by atoms with Gasteiger partial charge in [0.2, 0.25) is 11.7 Å². The molecule has 1 saturated carbocycles. The predicted octanol–water partition coefficient (Wildman–Crippen LogP) is 3.10. The van der Waals surface area contributed by atoms with Crippen LogP contribution >= 0.6 is 15.9 Å². The summed E-state index contributed by atoms with van der Waals surface area (Å²) in [6.45, 7) is 0.